The first-order valence-electron chi connectivity index (χ1n) is 5.54. The van der Waals surface area contributed by atoms with Gasteiger partial charge in [-0.1, -0.05) is 12.1 Å². The third kappa shape index (κ3) is 4.28. The fourth-order valence-electron chi connectivity index (χ4n) is 1.29. The highest BCUT2D eigenvalue weighted by molar-refractivity contribution is 7.91. The lowest BCUT2D eigenvalue weighted by Crippen LogP contribution is -2.25. The van der Waals surface area contributed by atoms with Crippen LogP contribution in [0.25, 0.3) is 0 Å². The highest BCUT2D eigenvalue weighted by Gasteiger charge is 2.15. The molecular weight excluding hydrogens is 274 g/mol. The Hall–Kier alpha value is -1.12. The van der Waals surface area contributed by atoms with E-state index in [1.54, 1.807) is 6.07 Å². The van der Waals surface area contributed by atoms with Crippen molar-refractivity contribution in [1.82, 2.24) is 4.72 Å². The molecule has 1 heterocycles. The van der Waals surface area contributed by atoms with Gasteiger partial charge in [0.2, 0.25) is 10.0 Å². The maximum Gasteiger partial charge on any atom is 0.250 e. The minimum Gasteiger partial charge on any atom is -0.409 e. The molecule has 0 radical (unpaired) electrons. The van der Waals surface area contributed by atoms with Crippen LogP contribution in [0.5, 0.6) is 0 Å². The Balaban J connectivity index is 2.50. The van der Waals surface area contributed by atoms with Gasteiger partial charge in [-0.25, -0.2) is 13.1 Å². The summed E-state index contributed by atoms with van der Waals surface area (Å²) in [5.41, 5.74) is 5.28. The van der Waals surface area contributed by atoms with Crippen molar-refractivity contribution in [2.75, 3.05) is 6.54 Å². The van der Waals surface area contributed by atoms with E-state index in [4.69, 9.17) is 10.9 Å². The van der Waals surface area contributed by atoms with Crippen LogP contribution in [0.4, 0.5) is 0 Å². The lowest BCUT2D eigenvalue weighted by molar-refractivity contribution is 0.316. The molecule has 0 spiro atoms. The van der Waals surface area contributed by atoms with Crippen LogP contribution in [0.3, 0.4) is 0 Å². The van der Waals surface area contributed by atoms with Crippen LogP contribution >= 0.6 is 11.3 Å². The van der Waals surface area contributed by atoms with Gasteiger partial charge in [0.05, 0.1) is 0 Å². The number of nitrogens with one attached hydrogen (secondary N) is 1. The second kappa shape index (κ2) is 6.72. The predicted molar refractivity (Wildman–Crippen MR) is 71.5 cm³/mol. The van der Waals surface area contributed by atoms with E-state index in [1.807, 2.05) is 13.0 Å². The molecule has 8 heteroatoms. The van der Waals surface area contributed by atoms with E-state index in [0.717, 1.165) is 11.3 Å². The van der Waals surface area contributed by atoms with Crippen LogP contribution in [-0.2, 0) is 16.4 Å². The number of nitrogens with two attached hydrogens (primary N) is 1. The average molecular weight is 291 g/mol. The molecule has 0 amide bonds. The zero-order valence-corrected chi connectivity index (χ0v) is 11.7. The molecule has 0 unspecified atom stereocenters. The van der Waals surface area contributed by atoms with Crippen LogP contribution in [0.2, 0.25) is 0 Å². The molecule has 1 aromatic rings. The fraction of sp³-hybridized carbons (Fsp3) is 0.500. The summed E-state index contributed by atoms with van der Waals surface area (Å²) in [5.74, 6) is 0.0959. The first-order chi connectivity index (χ1) is 8.49. The van der Waals surface area contributed by atoms with Gasteiger partial charge >= 0.3 is 0 Å². The van der Waals surface area contributed by atoms with Gasteiger partial charge in [-0.2, -0.15) is 0 Å². The standard InChI is InChI=1S/C10H17N3O3S2/c1-2-8-5-6-10(17-8)18(15,16)12-7-3-4-9(11)13-14/h5-6,12,14H,2-4,7H2,1H3,(H2,11,13). The lowest BCUT2D eigenvalue weighted by Gasteiger charge is -2.04. The number of oxime groups is 1. The molecule has 0 bridgehead atoms. The van der Waals surface area contributed by atoms with Crippen LogP contribution in [0.15, 0.2) is 21.5 Å². The van der Waals surface area contributed by atoms with E-state index in [1.165, 1.54) is 11.3 Å². The maximum absolute atomic E-state index is 11.9. The molecule has 0 aromatic carbocycles. The molecular formula is C10H17N3O3S2. The average Bonchev–Trinajstić information content (AvgIpc) is 2.83. The topological polar surface area (TPSA) is 105 Å². The van der Waals surface area contributed by atoms with Gasteiger partial charge in [-0.3, -0.25) is 0 Å². The van der Waals surface area contributed by atoms with Gasteiger partial charge in [0.25, 0.3) is 0 Å². The Labute approximate surface area is 111 Å². The maximum atomic E-state index is 11.9. The van der Waals surface area contributed by atoms with Gasteiger partial charge in [-0.05, 0) is 25.0 Å². The van der Waals surface area contributed by atoms with Crippen LogP contribution in [0.1, 0.15) is 24.6 Å². The normalized spacial score (nSPS) is 12.8. The molecule has 0 saturated carbocycles. The largest absolute Gasteiger partial charge is 0.409 e. The Morgan fingerprint density at radius 3 is 2.83 bits per heavy atom. The van der Waals surface area contributed by atoms with Crippen molar-refractivity contribution in [3.63, 3.8) is 0 Å². The summed E-state index contributed by atoms with van der Waals surface area (Å²) < 4.78 is 26.5. The molecule has 4 N–H and O–H groups in total. The summed E-state index contributed by atoms with van der Waals surface area (Å²) in [4.78, 5) is 1.03. The van der Waals surface area contributed by atoms with Gasteiger partial charge < -0.3 is 10.9 Å². The van der Waals surface area contributed by atoms with Gasteiger partial charge in [-0.15, -0.1) is 11.3 Å². The Bertz CT molecular complexity index is 508. The number of nitrogens with zero attached hydrogens (tertiary/aromatic N) is 1. The minimum absolute atomic E-state index is 0.0959. The Morgan fingerprint density at radius 2 is 2.28 bits per heavy atom. The number of hydrogen-bond acceptors (Lipinski definition) is 5. The molecule has 18 heavy (non-hydrogen) atoms. The van der Waals surface area contributed by atoms with Crippen molar-refractivity contribution < 1.29 is 13.6 Å². The minimum atomic E-state index is -3.43. The summed E-state index contributed by atoms with van der Waals surface area (Å²) >= 11 is 1.27. The highest BCUT2D eigenvalue weighted by Crippen LogP contribution is 2.21. The molecule has 0 aliphatic heterocycles. The predicted octanol–water partition coefficient (Wildman–Crippen LogP) is 1.12. The SMILES string of the molecule is CCc1ccc(S(=O)(=O)NCCC/C(N)=N/O)s1. The van der Waals surface area contributed by atoms with Crippen LogP contribution in [-0.4, -0.2) is 26.0 Å². The molecule has 102 valence electrons. The smallest absolute Gasteiger partial charge is 0.250 e. The van der Waals surface area contributed by atoms with E-state index in [2.05, 4.69) is 9.88 Å². The molecule has 1 rings (SSSR count). The second-order valence-electron chi connectivity index (χ2n) is 3.67. The molecule has 0 aliphatic carbocycles. The second-order valence-corrected chi connectivity index (χ2v) is 6.83. The fourth-order valence-corrected chi connectivity index (χ4v) is 3.70. The van der Waals surface area contributed by atoms with Crippen LogP contribution in [0, 0.1) is 0 Å². The van der Waals surface area contributed by atoms with Crippen LogP contribution < -0.4 is 10.5 Å². The molecule has 1 aromatic heterocycles. The van der Waals surface area contributed by atoms with E-state index in [-0.39, 0.29) is 12.4 Å². The van der Waals surface area contributed by atoms with E-state index >= 15 is 0 Å². The van der Waals surface area contributed by atoms with Gasteiger partial charge in [0, 0.05) is 17.8 Å². The summed E-state index contributed by atoms with van der Waals surface area (Å²) in [5, 5.41) is 11.1. The number of thiophene rings is 1. The van der Waals surface area contributed by atoms with Crippen molar-refractivity contribution in [2.45, 2.75) is 30.4 Å². The van der Waals surface area contributed by atoms with Gasteiger partial charge in [0.1, 0.15) is 10.0 Å². The van der Waals surface area contributed by atoms with Gasteiger partial charge in [0.15, 0.2) is 0 Å². The van der Waals surface area contributed by atoms with Crippen molar-refractivity contribution in [3.8, 4) is 0 Å². The zero-order valence-electron chi connectivity index (χ0n) is 10.1. The number of rotatable bonds is 7. The molecule has 0 fully saturated rings. The van der Waals surface area contributed by atoms with Crippen molar-refractivity contribution in [3.05, 3.63) is 17.0 Å². The highest BCUT2D eigenvalue weighted by atomic mass is 32.2. The molecule has 0 atom stereocenters. The summed E-state index contributed by atoms with van der Waals surface area (Å²) in [6.07, 6.45) is 1.66. The number of aryl methyl sites for hydroxylation is 1. The molecule has 0 saturated heterocycles. The van der Waals surface area contributed by atoms with Crippen molar-refractivity contribution in [2.24, 2.45) is 10.9 Å². The first kappa shape index (κ1) is 14.9. The van der Waals surface area contributed by atoms with E-state index in [9.17, 15) is 8.42 Å². The molecule has 6 nitrogen and oxygen atoms in total. The molecule has 0 aliphatic rings. The summed E-state index contributed by atoms with van der Waals surface area (Å²) in [7, 11) is -3.43. The summed E-state index contributed by atoms with van der Waals surface area (Å²) in [6.45, 7) is 2.24. The third-order valence-corrected chi connectivity index (χ3v) is 5.46. The monoisotopic (exact) mass is 291 g/mol. The number of hydrogen-bond donors (Lipinski definition) is 3. The van der Waals surface area contributed by atoms with Crippen molar-refractivity contribution in [1.29, 1.82) is 0 Å². The number of sulfonamides is 1. The number of amidine groups is 1. The third-order valence-electron chi connectivity index (χ3n) is 2.28. The Morgan fingerprint density at radius 1 is 1.56 bits per heavy atom. The quantitative estimate of drug-likeness (QED) is 0.230. The van der Waals surface area contributed by atoms with E-state index < -0.39 is 10.0 Å². The summed E-state index contributed by atoms with van der Waals surface area (Å²) in [6, 6.07) is 3.42. The zero-order chi connectivity index (χ0) is 13.6. The lowest BCUT2D eigenvalue weighted by atomic mass is 10.3. The van der Waals surface area contributed by atoms with Crippen molar-refractivity contribution >= 4 is 27.2 Å². The van der Waals surface area contributed by atoms with E-state index in [0.29, 0.717) is 17.1 Å². The Kier molecular flexibility index (Phi) is 5.57. The first-order valence-corrected chi connectivity index (χ1v) is 7.84.